The van der Waals surface area contributed by atoms with Crippen LogP contribution in [-0.2, 0) is 20.7 Å². The largest absolute Gasteiger partial charge is 0.372 e. The van der Waals surface area contributed by atoms with Crippen LogP contribution in [0.3, 0.4) is 0 Å². The third-order valence-electron chi connectivity index (χ3n) is 3.09. The van der Waals surface area contributed by atoms with Crippen LogP contribution < -0.4 is 11.1 Å². The van der Waals surface area contributed by atoms with Gasteiger partial charge in [0, 0.05) is 13.1 Å². The summed E-state index contributed by atoms with van der Waals surface area (Å²) >= 11 is 0. The molecule has 104 valence electrons. The van der Waals surface area contributed by atoms with E-state index in [2.05, 4.69) is 23.5 Å². The van der Waals surface area contributed by atoms with E-state index in [9.17, 15) is 4.79 Å². The Kier molecular flexibility index (Phi) is 5.32. The second-order valence-electron chi connectivity index (χ2n) is 4.53. The molecule has 1 aliphatic rings. The molecular weight excluding hydrogens is 244 g/mol. The van der Waals surface area contributed by atoms with E-state index in [1.807, 2.05) is 6.07 Å². The van der Waals surface area contributed by atoms with Gasteiger partial charge in [0.1, 0.15) is 6.61 Å². The maximum atomic E-state index is 10.5. The number of nitrogens with two attached hydrogens (primary N) is 1. The molecule has 2 rings (SSSR count). The summed E-state index contributed by atoms with van der Waals surface area (Å²) in [6, 6.07) is 8.37. The zero-order valence-corrected chi connectivity index (χ0v) is 10.9. The Hall–Kier alpha value is -1.43. The highest BCUT2D eigenvalue weighted by Gasteiger charge is 2.19. The molecule has 0 spiro atoms. The minimum Gasteiger partial charge on any atom is -0.372 e. The number of fused-ring (bicyclic) bond motifs is 1. The highest BCUT2D eigenvalue weighted by Crippen LogP contribution is 2.25. The van der Waals surface area contributed by atoms with Crippen LogP contribution in [0.15, 0.2) is 24.3 Å². The quantitative estimate of drug-likeness (QED) is 0.699. The number of hydrogen-bond acceptors (Lipinski definition) is 4. The van der Waals surface area contributed by atoms with E-state index in [0.717, 1.165) is 19.6 Å². The number of carbonyl (C=O) groups excluding carboxylic acids is 1. The van der Waals surface area contributed by atoms with Gasteiger partial charge in [-0.25, -0.2) is 0 Å². The first kappa shape index (κ1) is 14.0. The van der Waals surface area contributed by atoms with Crippen LogP contribution in [0.5, 0.6) is 0 Å². The Bertz CT molecular complexity index is 423. The van der Waals surface area contributed by atoms with Crippen molar-refractivity contribution in [2.45, 2.75) is 12.5 Å². The van der Waals surface area contributed by atoms with Crippen molar-refractivity contribution in [2.75, 3.05) is 32.9 Å². The van der Waals surface area contributed by atoms with E-state index in [4.69, 9.17) is 15.2 Å². The summed E-state index contributed by atoms with van der Waals surface area (Å²) in [6.45, 7) is 2.63. The Morgan fingerprint density at radius 2 is 2.32 bits per heavy atom. The molecule has 5 heteroatoms. The summed E-state index contributed by atoms with van der Waals surface area (Å²) in [4.78, 5) is 10.5. The van der Waals surface area contributed by atoms with Crippen molar-refractivity contribution in [3.05, 3.63) is 35.4 Å². The predicted molar refractivity (Wildman–Crippen MR) is 71.7 cm³/mol. The Morgan fingerprint density at radius 1 is 1.47 bits per heavy atom. The number of nitrogens with one attached hydrogen (secondary N) is 1. The number of carbonyl (C=O) groups is 1. The minimum atomic E-state index is -0.440. The standard InChI is InChI=1S/C14H20N2O3/c15-14(17)10-18-8-6-16-9-13-12-4-2-1-3-11(12)5-7-19-13/h1-4,13,16H,5-10H2,(H2,15,17). The molecule has 0 bridgehead atoms. The van der Waals surface area contributed by atoms with Crippen LogP contribution in [-0.4, -0.2) is 38.8 Å². The molecule has 3 N–H and O–H groups in total. The number of hydrogen-bond donors (Lipinski definition) is 2. The highest BCUT2D eigenvalue weighted by atomic mass is 16.5. The fourth-order valence-electron chi connectivity index (χ4n) is 2.20. The molecular formula is C14H20N2O3. The molecule has 0 saturated heterocycles. The van der Waals surface area contributed by atoms with Crippen LogP contribution in [0.4, 0.5) is 0 Å². The van der Waals surface area contributed by atoms with Gasteiger partial charge in [-0.2, -0.15) is 0 Å². The molecule has 0 aromatic heterocycles. The second kappa shape index (κ2) is 7.23. The minimum absolute atomic E-state index is 0.0234. The van der Waals surface area contributed by atoms with E-state index in [1.165, 1.54) is 11.1 Å². The lowest BCUT2D eigenvalue weighted by Crippen LogP contribution is -2.30. The maximum absolute atomic E-state index is 10.5. The van der Waals surface area contributed by atoms with E-state index in [-0.39, 0.29) is 12.7 Å². The van der Waals surface area contributed by atoms with Gasteiger partial charge in [0.05, 0.1) is 19.3 Å². The molecule has 0 aliphatic carbocycles. The van der Waals surface area contributed by atoms with Gasteiger partial charge in [-0.1, -0.05) is 24.3 Å². The molecule has 1 aliphatic heterocycles. The topological polar surface area (TPSA) is 73.6 Å². The molecule has 1 aromatic rings. The average molecular weight is 264 g/mol. The summed E-state index contributed by atoms with van der Waals surface area (Å²) in [5.41, 5.74) is 7.60. The fraction of sp³-hybridized carbons (Fsp3) is 0.500. The van der Waals surface area contributed by atoms with Gasteiger partial charge >= 0.3 is 0 Å². The Balaban J connectivity index is 1.71. The van der Waals surface area contributed by atoms with Crippen molar-refractivity contribution in [2.24, 2.45) is 5.73 Å². The second-order valence-corrected chi connectivity index (χ2v) is 4.53. The van der Waals surface area contributed by atoms with Gasteiger partial charge in [-0.3, -0.25) is 4.79 Å². The van der Waals surface area contributed by atoms with Crippen molar-refractivity contribution in [1.82, 2.24) is 5.32 Å². The van der Waals surface area contributed by atoms with Gasteiger partial charge in [0.15, 0.2) is 0 Å². The third kappa shape index (κ3) is 4.31. The predicted octanol–water partition coefficient (Wildman–Crippen LogP) is 0.392. The van der Waals surface area contributed by atoms with Gasteiger partial charge < -0.3 is 20.5 Å². The van der Waals surface area contributed by atoms with E-state index < -0.39 is 5.91 Å². The van der Waals surface area contributed by atoms with Crippen molar-refractivity contribution in [3.63, 3.8) is 0 Å². The molecule has 1 aromatic carbocycles. The third-order valence-corrected chi connectivity index (χ3v) is 3.09. The Morgan fingerprint density at radius 3 is 3.16 bits per heavy atom. The van der Waals surface area contributed by atoms with Crippen molar-refractivity contribution < 1.29 is 14.3 Å². The molecule has 1 amide bonds. The summed E-state index contributed by atoms with van der Waals surface area (Å²) in [5, 5.41) is 3.27. The smallest absolute Gasteiger partial charge is 0.243 e. The first-order valence-corrected chi connectivity index (χ1v) is 6.53. The average Bonchev–Trinajstić information content (AvgIpc) is 2.42. The normalized spacial score (nSPS) is 18.0. The zero-order valence-electron chi connectivity index (χ0n) is 10.9. The molecule has 0 fully saturated rings. The zero-order chi connectivity index (χ0) is 13.5. The summed E-state index contributed by atoms with van der Waals surface area (Å²) in [6.07, 6.45) is 1.08. The fourth-order valence-corrected chi connectivity index (χ4v) is 2.20. The molecule has 0 radical (unpaired) electrons. The summed E-state index contributed by atoms with van der Waals surface area (Å²) in [5.74, 6) is -0.440. The van der Waals surface area contributed by atoms with Gasteiger partial charge in [-0.15, -0.1) is 0 Å². The lowest BCUT2D eigenvalue weighted by molar-refractivity contribution is -0.122. The number of benzene rings is 1. The van der Waals surface area contributed by atoms with Gasteiger partial charge in [0.25, 0.3) is 0 Å². The van der Waals surface area contributed by atoms with E-state index >= 15 is 0 Å². The van der Waals surface area contributed by atoms with E-state index in [0.29, 0.717) is 13.2 Å². The molecule has 1 heterocycles. The van der Waals surface area contributed by atoms with Crippen molar-refractivity contribution in [3.8, 4) is 0 Å². The van der Waals surface area contributed by atoms with Gasteiger partial charge in [0.2, 0.25) is 5.91 Å². The lowest BCUT2D eigenvalue weighted by Gasteiger charge is -2.26. The SMILES string of the molecule is NC(=O)COCCNCC1OCCc2ccccc21. The van der Waals surface area contributed by atoms with Crippen LogP contribution in [0, 0.1) is 0 Å². The van der Waals surface area contributed by atoms with Crippen LogP contribution in [0.1, 0.15) is 17.2 Å². The molecule has 19 heavy (non-hydrogen) atoms. The van der Waals surface area contributed by atoms with Crippen LogP contribution in [0.25, 0.3) is 0 Å². The number of rotatable bonds is 7. The molecule has 5 nitrogen and oxygen atoms in total. The van der Waals surface area contributed by atoms with Gasteiger partial charge in [-0.05, 0) is 17.5 Å². The van der Waals surface area contributed by atoms with Crippen molar-refractivity contribution >= 4 is 5.91 Å². The lowest BCUT2D eigenvalue weighted by atomic mass is 9.97. The summed E-state index contributed by atoms with van der Waals surface area (Å²) in [7, 11) is 0. The summed E-state index contributed by atoms with van der Waals surface area (Å²) < 4.78 is 10.8. The highest BCUT2D eigenvalue weighted by molar-refractivity contribution is 5.74. The monoisotopic (exact) mass is 264 g/mol. The molecule has 1 unspecified atom stereocenters. The van der Waals surface area contributed by atoms with E-state index in [1.54, 1.807) is 0 Å². The molecule has 1 atom stereocenters. The Labute approximate surface area is 113 Å². The first-order valence-electron chi connectivity index (χ1n) is 6.53. The number of ether oxygens (including phenoxy) is 2. The molecule has 0 saturated carbocycles. The van der Waals surface area contributed by atoms with Crippen LogP contribution >= 0.6 is 0 Å². The number of primary amides is 1. The van der Waals surface area contributed by atoms with Crippen LogP contribution in [0.2, 0.25) is 0 Å². The number of amides is 1. The van der Waals surface area contributed by atoms with Crippen molar-refractivity contribution in [1.29, 1.82) is 0 Å². The first-order chi connectivity index (χ1) is 9.27. The maximum Gasteiger partial charge on any atom is 0.243 e.